The number of nitrogens with one attached hydrogen (secondary N) is 1. The molecule has 0 aromatic heterocycles. The molecule has 2 unspecified atom stereocenters. The van der Waals surface area contributed by atoms with Gasteiger partial charge in [-0.15, -0.1) is 0 Å². The highest BCUT2D eigenvalue weighted by atomic mass is 19.3. The van der Waals surface area contributed by atoms with Gasteiger partial charge in [-0.25, -0.2) is 0 Å². The lowest BCUT2D eigenvalue weighted by atomic mass is 10.1. The number of anilines is 1. The van der Waals surface area contributed by atoms with Crippen molar-refractivity contribution >= 4 is 11.6 Å². The average Bonchev–Trinajstić information content (AvgIpc) is 3.23. The first-order valence-corrected chi connectivity index (χ1v) is 10.3. The molecule has 0 bridgehead atoms. The summed E-state index contributed by atoms with van der Waals surface area (Å²) in [6.07, 6.45) is 1.03. The van der Waals surface area contributed by atoms with Crippen LogP contribution in [0.4, 0.5) is 14.5 Å². The van der Waals surface area contributed by atoms with Crippen LogP contribution in [-0.2, 0) is 4.79 Å². The Morgan fingerprint density at radius 1 is 1.20 bits per heavy atom. The molecular weight excluding hydrogens is 388 g/mol. The molecule has 0 saturated carbocycles. The van der Waals surface area contributed by atoms with Gasteiger partial charge in [-0.05, 0) is 49.7 Å². The van der Waals surface area contributed by atoms with E-state index in [0.717, 1.165) is 26.1 Å². The summed E-state index contributed by atoms with van der Waals surface area (Å²) >= 11 is 0. The second kappa shape index (κ2) is 10.5. The van der Waals surface area contributed by atoms with Crippen molar-refractivity contribution in [3.8, 4) is 5.75 Å². The Hall–Kier alpha value is -2.51. The summed E-state index contributed by atoms with van der Waals surface area (Å²) in [4.78, 5) is 17.2. The Morgan fingerprint density at radius 3 is 2.53 bits per heavy atom. The van der Waals surface area contributed by atoms with E-state index in [2.05, 4.69) is 58.0 Å². The quantitative estimate of drug-likeness (QED) is 0.658. The van der Waals surface area contributed by atoms with Crippen LogP contribution < -0.4 is 10.1 Å². The number of likely N-dealkylation sites (N-methyl/N-ethyl adjacent to an activating group) is 1. The molecule has 3 rings (SSSR count). The van der Waals surface area contributed by atoms with Crippen LogP contribution in [0.15, 0.2) is 54.6 Å². The highest BCUT2D eigenvalue weighted by Gasteiger charge is 2.30. The van der Waals surface area contributed by atoms with Gasteiger partial charge < -0.3 is 10.1 Å². The van der Waals surface area contributed by atoms with E-state index in [1.165, 1.54) is 17.7 Å². The van der Waals surface area contributed by atoms with Crippen LogP contribution >= 0.6 is 0 Å². The van der Waals surface area contributed by atoms with E-state index < -0.39 is 6.61 Å². The highest BCUT2D eigenvalue weighted by Crippen LogP contribution is 2.26. The lowest BCUT2D eigenvalue weighted by Gasteiger charge is -2.29. The van der Waals surface area contributed by atoms with Crippen molar-refractivity contribution in [2.75, 3.05) is 31.5 Å². The maximum atomic E-state index is 12.5. The second-order valence-electron chi connectivity index (χ2n) is 7.54. The van der Waals surface area contributed by atoms with Crippen molar-refractivity contribution < 1.29 is 18.3 Å². The Balaban J connectivity index is 1.52. The van der Waals surface area contributed by atoms with Gasteiger partial charge in [-0.2, -0.15) is 8.78 Å². The Labute approximate surface area is 176 Å². The molecule has 0 aliphatic carbocycles. The van der Waals surface area contributed by atoms with E-state index >= 15 is 0 Å². The predicted octanol–water partition coefficient (Wildman–Crippen LogP) is 4.38. The number of carbonyl (C=O) groups is 1. The molecule has 1 aliphatic heterocycles. The molecule has 1 fully saturated rings. The van der Waals surface area contributed by atoms with Crippen LogP contribution in [0.3, 0.4) is 0 Å². The van der Waals surface area contributed by atoms with Gasteiger partial charge in [0.15, 0.2) is 0 Å². The molecule has 30 heavy (non-hydrogen) atoms. The van der Waals surface area contributed by atoms with Gasteiger partial charge in [-0.1, -0.05) is 37.3 Å². The third-order valence-electron chi connectivity index (χ3n) is 5.66. The fourth-order valence-corrected chi connectivity index (χ4v) is 3.96. The first-order valence-electron chi connectivity index (χ1n) is 10.3. The maximum absolute atomic E-state index is 12.5. The summed E-state index contributed by atoms with van der Waals surface area (Å²) in [7, 11) is 0. The molecule has 5 nitrogen and oxygen atoms in total. The SMILES string of the molecule is CCN(CC(=O)Nc1ccc(OC(F)F)cc1)C1CCN(C(C)c2ccccc2)C1. The van der Waals surface area contributed by atoms with Crippen molar-refractivity contribution in [3.63, 3.8) is 0 Å². The van der Waals surface area contributed by atoms with Crippen LogP contribution in [0.25, 0.3) is 0 Å². The minimum absolute atomic E-state index is 0.0665. The van der Waals surface area contributed by atoms with E-state index in [1.54, 1.807) is 12.1 Å². The number of alkyl halides is 2. The molecule has 0 radical (unpaired) electrons. The Kier molecular flexibility index (Phi) is 7.76. The van der Waals surface area contributed by atoms with Crippen LogP contribution in [0.5, 0.6) is 5.75 Å². The predicted molar refractivity (Wildman–Crippen MR) is 114 cm³/mol. The highest BCUT2D eigenvalue weighted by molar-refractivity contribution is 5.92. The van der Waals surface area contributed by atoms with Gasteiger partial charge in [-0.3, -0.25) is 14.6 Å². The van der Waals surface area contributed by atoms with E-state index in [-0.39, 0.29) is 11.7 Å². The van der Waals surface area contributed by atoms with Gasteiger partial charge in [0.05, 0.1) is 6.54 Å². The molecule has 1 amide bonds. The lowest BCUT2D eigenvalue weighted by Crippen LogP contribution is -2.42. The molecule has 1 N–H and O–H groups in total. The zero-order valence-electron chi connectivity index (χ0n) is 17.4. The number of likely N-dealkylation sites (tertiary alicyclic amines) is 1. The molecule has 1 heterocycles. The number of hydrogen-bond donors (Lipinski definition) is 1. The normalized spacial score (nSPS) is 18.0. The minimum atomic E-state index is -2.86. The summed E-state index contributed by atoms with van der Waals surface area (Å²) < 4.78 is 28.8. The van der Waals surface area contributed by atoms with Crippen molar-refractivity contribution in [1.29, 1.82) is 0 Å². The first-order chi connectivity index (χ1) is 14.5. The molecular formula is C23H29F2N3O2. The van der Waals surface area contributed by atoms with E-state index in [9.17, 15) is 13.6 Å². The van der Waals surface area contributed by atoms with E-state index in [0.29, 0.717) is 24.3 Å². The molecule has 162 valence electrons. The van der Waals surface area contributed by atoms with Crippen LogP contribution in [0.2, 0.25) is 0 Å². The van der Waals surface area contributed by atoms with Gasteiger partial charge in [0.2, 0.25) is 5.91 Å². The smallest absolute Gasteiger partial charge is 0.387 e. The molecule has 1 aliphatic rings. The van der Waals surface area contributed by atoms with Gasteiger partial charge in [0, 0.05) is 30.9 Å². The van der Waals surface area contributed by atoms with Gasteiger partial charge >= 0.3 is 6.61 Å². The maximum Gasteiger partial charge on any atom is 0.387 e. The molecule has 1 saturated heterocycles. The third kappa shape index (κ3) is 6.00. The topological polar surface area (TPSA) is 44.8 Å². The molecule has 0 spiro atoms. The lowest BCUT2D eigenvalue weighted by molar-refractivity contribution is -0.117. The zero-order chi connectivity index (χ0) is 21.5. The monoisotopic (exact) mass is 417 g/mol. The molecule has 2 atom stereocenters. The van der Waals surface area contributed by atoms with Crippen LogP contribution in [-0.4, -0.2) is 54.5 Å². The molecule has 2 aromatic carbocycles. The van der Waals surface area contributed by atoms with Crippen molar-refractivity contribution in [1.82, 2.24) is 9.80 Å². The summed E-state index contributed by atoms with van der Waals surface area (Å²) in [5, 5.41) is 2.83. The van der Waals surface area contributed by atoms with E-state index in [4.69, 9.17) is 0 Å². The Morgan fingerprint density at radius 2 is 1.90 bits per heavy atom. The fourth-order valence-electron chi connectivity index (χ4n) is 3.96. The van der Waals surface area contributed by atoms with Crippen molar-refractivity contribution in [3.05, 3.63) is 60.2 Å². The van der Waals surface area contributed by atoms with E-state index in [1.807, 2.05) is 6.07 Å². The Bertz CT molecular complexity index is 802. The van der Waals surface area contributed by atoms with Gasteiger partial charge in [0.25, 0.3) is 0 Å². The fraction of sp³-hybridized carbons (Fsp3) is 0.435. The largest absolute Gasteiger partial charge is 0.435 e. The summed E-state index contributed by atoms with van der Waals surface area (Å²) in [6.45, 7) is 4.44. The second-order valence-corrected chi connectivity index (χ2v) is 7.54. The number of rotatable bonds is 9. The third-order valence-corrected chi connectivity index (χ3v) is 5.66. The number of amides is 1. The summed E-state index contributed by atoms with van der Waals surface area (Å²) in [6, 6.07) is 17.1. The number of hydrogen-bond acceptors (Lipinski definition) is 4. The number of nitrogens with zero attached hydrogens (tertiary/aromatic N) is 2. The number of carbonyl (C=O) groups excluding carboxylic acids is 1. The average molecular weight is 418 g/mol. The van der Waals surface area contributed by atoms with Crippen molar-refractivity contribution in [2.24, 2.45) is 0 Å². The minimum Gasteiger partial charge on any atom is -0.435 e. The summed E-state index contributed by atoms with van der Waals surface area (Å²) in [5.41, 5.74) is 1.86. The first kappa shape index (κ1) is 22.2. The standard InChI is InChI=1S/C23H29F2N3O2/c1-3-27(16-22(29)26-19-9-11-21(12-10-19)30-23(24)25)20-13-14-28(15-20)17(2)18-7-5-4-6-8-18/h4-12,17,20,23H,3,13-16H2,1-2H3,(H,26,29). The zero-order valence-corrected chi connectivity index (χ0v) is 17.4. The molecule has 2 aromatic rings. The summed E-state index contributed by atoms with van der Waals surface area (Å²) in [5.74, 6) is -0.0503. The van der Waals surface area contributed by atoms with Crippen LogP contribution in [0.1, 0.15) is 31.9 Å². The molecule has 7 heteroatoms. The van der Waals surface area contributed by atoms with Gasteiger partial charge in [0.1, 0.15) is 5.75 Å². The number of halogens is 2. The number of ether oxygens (including phenoxy) is 1. The van der Waals surface area contributed by atoms with Crippen LogP contribution in [0, 0.1) is 0 Å². The number of benzene rings is 2. The van der Waals surface area contributed by atoms with Crippen molar-refractivity contribution in [2.45, 2.75) is 39.0 Å².